The second kappa shape index (κ2) is 7.90. The molecular weight excluding hydrogens is 358 g/mol. The minimum absolute atomic E-state index is 0.0868. The van der Waals surface area contributed by atoms with E-state index in [0.717, 1.165) is 36.4 Å². The summed E-state index contributed by atoms with van der Waals surface area (Å²) >= 11 is 0. The first kappa shape index (κ1) is 18.3. The van der Waals surface area contributed by atoms with Gasteiger partial charge in [0.1, 0.15) is 13.2 Å². The molecule has 0 aromatic heterocycles. The SMILES string of the molecule is NC(=O)c1ccc(NC(=O)CN2CCC[C@H]2c2ccc3c(c2)OCCO3)cc1. The highest BCUT2D eigenvalue weighted by Crippen LogP contribution is 2.37. The first-order chi connectivity index (χ1) is 13.6. The molecule has 3 N–H and O–H groups in total. The van der Waals surface area contributed by atoms with E-state index in [0.29, 0.717) is 31.0 Å². The van der Waals surface area contributed by atoms with Crippen molar-refractivity contribution < 1.29 is 19.1 Å². The highest BCUT2D eigenvalue weighted by atomic mass is 16.6. The molecule has 7 heteroatoms. The number of benzene rings is 2. The number of amides is 2. The van der Waals surface area contributed by atoms with Crippen LogP contribution in [-0.4, -0.2) is 43.0 Å². The Bertz CT molecular complexity index is 882. The summed E-state index contributed by atoms with van der Waals surface area (Å²) < 4.78 is 11.3. The monoisotopic (exact) mass is 381 g/mol. The number of anilines is 1. The Morgan fingerprint density at radius 2 is 1.82 bits per heavy atom. The number of nitrogens with one attached hydrogen (secondary N) is 1. The maximum atomic E-state index is 12.5. The number of primary amides is 1. The molecule has 1 fully saturated rings. The van der Waals surface area contributed by atoms with E-state index in [1.165, 1.54) is 0 Å². The molecule has 0 bridgehead atoms. The minimum Gasteiger partial charge on any atom is -0.486 e. The van der Waals surface area contributed by atoms with Gasteiger partial charge >= 0.3 is 0 Å². The van der Waals surface area contributed by atoms with Gasteiger partial charge in [-0.1, -0.05) is 6.07 Å². The van der Waals surface area contributed by atoms with E-state index in [1.54, 1.807) is 24.3 Å². The van der Waals surface area contributed by atoms with E-state index >= 15 is 0 Å². The molecule has 0 aliphatic carbocycles. The van der Waals surface area contributed by atoms with Crippen LogP contribution in [0.25, 0.3) is 0 Å². The fraction of sp³-hybridized carbons (Fsp3) is 0.333. The van der Waals surface area contributed by atoms with Gasteiger partial charge in [-0.25, -0.2) is 0 Å². The molecule has 2 amide bonds. The van der Waals surface area contributed by atoms with Crippen LogP contribution >= 0.6 is 0 Å². The van der Waals surface area contributed by atoms with Crippen molar-refractivity contribution in [3.05, 3.63) is 53.6 Å². The molecule has 2 aliphatic heterocycles. The largest absolute Gasteiger partial charge is 0.486 e. The maximum Gasteiger partial charge on any atom is 0.248 e. The molecule has 2 heterocycles. The number of ether oxygens (including phenoxy) is 2. The van der Waals surface area contributed by atoms with Gasteiger partial charge in [-0.3, -0.25) is 14.5 Å². The van der Waals surface area contributed by atoms with Gasteiger partial charge < -0.3 is 20.5 Å². The Morgan fingerprint density at radius 1 is 1.07 bits per heavy atom. The number of carbonyl (C=O) groups is 2. The van der Waals surface area contributed by atoms with Crippen LogP contribution < -0.4 is 20.5 Å². The van der Waals surface area contributed by atoms with Crippen LogP contribution in [0.3, 0.4) is 0 Å². The van der Waals surface area contributed by atoms with Gasteiger partial charge in [0.2, 0.25) is 11.8 Å². The minimum atomic E-state index is -0.489. The molecule has 0 saturated carbocycles. The van der Waals surface area contributed by atoms with E-state index in [1.807, 2.05) is 12.1 Å². The van der Waals surface area contributed by atoms with Gasteiger partial charge in [0.25, 0.3) is 0 Å². The van der Waals surface area contributed by atoms with Crippen molar-refractivity contribution in [2.24, 2.45) is 5.73 Å². The first-order valence-electron chi connectivity index (χ1n) is 9.43. The lowest BCUT2D eigenvalue weighted by molar-refractivity contribution is -0.117. The third kappa shape index (κ3) is 3.94. The van der Waals surface area contributed by atoms with E-state index in [4.69, 9.17) is 15.2 Å². The topological polar surface area (TPSA) is 93.9 Å². The number of hydrogen-bond acceptors (Lipinski definition) is 5. The van der Waals surface area contributed by atoms with E-state index in [-0.39, 0.29) is 11.9 Å². The van der Waals surface area contributed by atoms with Gasteiger partial charge in [0.05, 0.1) is 6.54 Å². The Hall–Kier alpha value is -3.06. The highest BCUT2D eigenvalue weighted by molar-refractivity contribution is 5.95. The summed E-state index contributed by atoms with van der Waals surface area (Å²) in [5.74, 6) is 0.972. The molecule has 4 rings (SSSR count). The Morgan fingerprint density at radius 3 is 2.57 bits per heavy atom. The molecule has 0 unspecified atom stereocenters. The Kier molecular flexibility index (Phi) is 5.16. The predicted octanol–water partition coefficient (Wildman–Crippen LogP) is 2.33. The molecule has 0 radical (unpaired) electrons. The van der Waals surface area contributed by atoms with Crippen LogP contribution in [-0.2, 0) is 4.79 Å². The van der Waals surface area contributed by atoms with Crippen molar-refractivity contribution in [2.75, 3.05) is 31.6 Å². The van der Waals surface area contributed by atoms with Crippen LogP contribution in [0.1, 0.15) is 34.8 Å². The summed E-state index contributed by atoms with van der Waals surface area (Å²) in [4.78, 5) is 25.8. The summed E-state index contributed by atoms with van der Waals surface area (Å²) in [7, 11) is 0. The summed E-state index contributed by atoms with van der Waals surface area (Å²) in [6.07, 6.45) is 2.04. The number of fused-ring (bicyclic) bond motifs is 1. The number of hydrogen-bond donors (Lipinski definition) is 2. The summed E-state index contributed by atoms with van der Waals surface area (Å²) in [5, 5.41) is 2.88. The van der Waals surface area contributed by atoms with Crippen LogP contribution in [0.4, 0.5) is 5.69 Å². The molecular formula is C21H23N3O4. The van der Waals surface area contributed by atoms with Crippen molar-refractivity contribution in [3.8, 4) is 11.5 Å². The number of rotatable bonds is 5. The van der Waals surface area contributed by atoms with E-state index < -0.39 is 5.91 Å². The van der Waals surface area contributed by atoms with Crippen LogP contribution in [0.2, 0.25) is 0 Å². The van der Waals surface area contributed by atoms with Crippen LogP contribution in [0.15, 0.2) is 42.5 Å². The quantitative estimate of drug-likeness (QED) is 0.829. The molecule has 0 spiro atoms. The second-order valence-electron chi connectivity index (χ2n) is 7.02. The molecule has 1 atom stereocenters. The van der Waals surface area contributed by atoms with Crippen molar-refractivity contribution in [2.45, 2.75) is 18.9 Å². The standard InChI is InChI=1S/C21H23N3O4/c22-21(26)14-3-6-16(7-4-14)23-20(25)13-24-9-1-2-17(24)15-5-8-18-19(12-15)28-11-10-27-18/h3-8,12,17H,1-2,9-11,13H2,(H2,22,26)(H,23,25)/t17-/m0/s1. The van der Waals surface area contributed by atoms with Crippen molar-refractivity contribution in [3.63, 3.8) is 0 Å². The smallest absolute Gasteiger partial charge is 0.248 e. The van der Waals surface area contributed by atoms with Crippen LogP contribution in [0.5, 0.6) is 11.5 Å². The van der Waals surface area contributed by atoms with Gasteiger partial charge in [-0.15, -0.1) is 0 Å². The van der Waals surface area contributed by atoms with Crippen molar-refractivity contribution in [1.29, 1.82) is 0 Å². The third-order valence-corrected chi connectivity index (χ3v) is 5.11. The van der Waals surface area contributed by atoms with Crippen molar-refractivity contribution >= 4 is 17.5 Å². The maximum absolute atomic E-state index is 12.5. The molecule has 2 aromatic rings. The van der Waals surface area contributed by atoms with Gasteiger partial charge in [0.15, 0.2) is 11.5 Å². The molecule has 1 saturated heterocycles. The number of nitrogens with zero attached hydrogens (tertiary/aromatic N) is 1. The number of likely N-dealkylation sites (tertiary alicyclic amines) is 1. The second-order valence-corrected chi connectivity index (χ2v) is 7.02. The summed E-state index contributed by atoms with van der Waals surface area (Å²) in [5.41, 5.74) is 7.43. The Balaban J connectivity index is 1.41. The van der Waals surface area contributed by atoms with Gasteiger partial charge in [-0.2, -0.15) is 0 Å². The molecule has 28 heavy (non-hydrogen) atoms. The molecule has 2 aliphatic rings. The summed E-state index contributed by atoms with van der Waals surface area (Å²) in [6, 6.07) is 12.8. The predicted molar refractivity (Wildman–Crippen MR) is 105 cm³/mol. The normalized spacial score (nSPS) is 18.6. The van der Waals surface area contributed by atoms with Crippen LogP contribution in [0, 0.1) is 0 Å². The average Bonchev–Trinajstić information content (AvgIpc) is 3.16. The van der Waals surface area contributed by atoms with E-state index in [9.17, 15) is 9.59 Å². The zero-order chi connectivity index (χ0) is 19.5. The lowest BCUT2D eigenvalue weighted by Crippen LogP contribution is -2.33. The Labute approximate surface area is 163 Å². The molecule has 2 aromatic carbocycles. The molecule has 146 valence electrons. The highest BCUT2D eigenvalue weighted by Gasteiger charge is 2.28. The average molecular weight is 381 g/mol. The van der Waals surface area contributed by atoms with Gasteiger partial charge in [-0.05, 0) is 61.3 Å². The zero-order valence-electron chi connectivity index (χ0n) is 15.5. The fourth-order valence-corrected chi connectivity index (χ4v) is 3.76. The lowest BCUT2D eigenvalue weighted by atomic mass is 10.0. The number of carbonyl (C=O) groups excluding carboxylic acids is 2. The zero-order valence-corrected chi connectivity index (χ0v) is 15.5. The fourth-order valence-electron chi connectivity index (χ4n) is 3.76. The third-order valence-electron chi connectivity index (χ3n) is 5.11. The van der Waals surface area contributed by atoms with E-state index in [2.05, 4.69) is 16.3 Å². The molecule has 7 nitrogen and oxygen atoms in total. The first-order valence-corrected chi connectivity index (χ1v) is 9.43. The van der Waals surface area contributed by atoms with Crippen molar-refractivity contribution in [1.82, 2.24) is 4.90 Å². The van der Waals surface area contributed by atoms with Gasteiger partial charge in [0, 0.05) is 17.3 Å². The lowest BCUT2D eigenvalue weighted by Gasteiger charge is -2.26. The summed E-state index contributed by atoms with van der Waals surface area (Å²) in [6.45, 7) is 2.30. The number of nitrogens with two attached hydrogens (primary N) is 1.